The number of unbranched alkanes of at least 4 members (excludes halogenated alkanes) is 4. The third kappa shape index (κ3) is 9.08. The first kappa shape index (κ1) is 30.6. The van der Waals surface area contributed by atoms with E-state index < -0.39 is 10.0 Å². The first-order valence-corrected chi connectivity index (χ1v) is 15.1. The lowest BCUT2D eigenvalue weighted by molar-refractivity contribution is -0.134. The Kier molecular flexibility index (Phi) is 11.5. The van der Waals surface area contributed by atoms with Crippen LogP contribution in [-0.2, 0) is 14.8 Å². The van der Waals surface area contributed by atoms with E-state index in [0.29, 0.717) is 24.2 Å². The summed E-state index contributed by atoms with van der Waals surface area (Å²) in [5.41, 5.74) is 1.11. The molecule has 0 spiro atoms. The number of azo groups is 1. The van der Waals surface area contributed by atoms with Crippen LogP contribution in [0.2, 0.25) is 0 Å². The summed E-state index contributed by atoms with van der Waals surface area (Å²) in [5, 5.41) is 8.40. The number of ketones is 1. The van der Waals surface area contributed by atoms with Crippen molar-refractivity contribution in [2.24, 2.45) is 16.1 Å². The Balaban J connectivity index is 1.73. The molecular formula is C30H36N4O5S. The molecule has 0 saturated carbocycles. The van der Waals surface area contributed by atoms with Gasteiger partial charge in [0.2, 0.25) is 0 Å². The Morgan fingerprint density at radius 1 is 0.925 bits per heavy atom. The van der Waals surface area contributed by atoms with Gasteiger partial charge < -0.3 is 4.74 Å². The van der Waals surface area contributed by atoms with Crippen LogP contribution in [0.25, 0.3) is 0 Å². The fraction of sp³-hybridized carbons (Fsp3) is 0.367. The van der Waals surface area contributed by atoms with Gasteiger partial charge in [-0.15, -0.1) is 0 Å². The maximum atomic E-state index is 13.1. The Hall–Kier alpha value is -3.92. The number of carbonyl (C=O) groups excluding carboxylic acids is 2. The van der Waals surface area contributed by atoms with Crippen molar-refractivity contribution in [2.75, 3.05) is 4.72 Å². The molecule has 10 heteroatoms. The molecule has 212 valence electrons. The Morgan fingerprint density at radius 2 is 1.62 bits per heavy atom. The average molecular weight is 565 g/mol. The van der Waals surface area contributed by atoms with E-state index in [1.807, 2.05) is 13.8 Å². The first-order chi connectivity index (χ1) is 19.2. The van der Waals surface area contributed by atoms with E-state index >= 15 is 0 Å². The van der Waals surface area contributed by atoms with E-state index in [1.54, 1.807) is 36.4 Å². The maximum Gasteiger partial charge on any atom is 0.311 e. The molecule has 2 aromatic carbocycles. The van der Waals surface area contributed by atoms with Crippen molar-refractivity contribution in [3.63, 3.8) is 0 Å². The van der Waals surface area contributed by atoms with Crippen molar-refractivity contribution in [2.45, 2.75) is 70.6 Å². The van der Waals surface area contributed by atoms with Crippen LogP contribution >= 0.6 is 0 Å². The molecule has 0 bridgehead atoms. The number of rotatable bonds is 15. The number of carbonyl (C=O) groups is 2. The van der Waals surface area contributed by atoms with E-state index in [4.69, 9.17) is 4.74 Å². The highest BCUT2D eigenvalue weighted by molar-refractivity contribution is 7.92. The van der Waals surface area contributed by atoms with E-state index in [1.165, 1.54) is 30.5 Å². The molecule has 0 radical (unpaired) electrons. The van der Waals surface area contributed by atoms with Crippen LogP contribution in [0.3, 0.4) is 0 Å². The van der Waals surface area contributed by atoms with E-state index in [-0.39, 0.29) is 39.7 Å². The minimum absolute atomic E-state index is 0.0510. The Bertz CT molecular complexity index is 1410. The lowest BCUT2D eigenvalue weighted by Gasteiger charge is -2.13. The van der Waals surface area contributed by atoms with Crippen LogP contribution in [0.5, 0.6) is 5.75 Å². The third-order valence-corrected chi connectivity index (χ3v) is 7.70. The molecule has 0 aliphatic carbocycles. The highest BCUT2D eigenvalue weighted by atomic mass is 32.2. The van der Waals surface area contributed by atoms with Crippen molar-refractivity contribution < 1.29 is 22.7 Å². The second-order valence-corrected chi connectivity index (χ2v) is 11.2. The molecule has 1 heterocycles. The number of hydrogen-bond acceptors (Lipinski definition) is 8. The fourth-order valence-corrected chi connectivity index (χ4v) is 4.79. The normalized spacial score (nSPS) is 12.3. The van der Waals surface area contributed by atoms with Gasteiger partial charge in [-0.2, -0.15) is 10.2 Å². The number of sulfonamides is 1. The highest BCUT2D eigenvalue weighted by Gasteiger charge is 2.21. The SMILES string of the molecule is CCCCCCCC(=O)Oc1ccc(N=Nc2ccc(S(=O)(=O)Nc3ccccn3)cc2)cc1C(=O)C(C)CC. The van der Waals surface area contributed by atoms with Crippen molar-refractivity contribution >= 4 is 39.0 Å². The molecule has 1 N–H and O–H groups in total. The molecule has 40 heavy (non-hydrogen) atoms. The van der Waals surface area contributed by atoms with Crippen LogP contribution < -0.4 is 9.46 Å². The number of ether oxygens (including phenoxy) is 1. The quantitative estimate of drug-likeness (QED) is 0.0660. The average Bonchev–Trinajstić information content (AvgIpc) is 2.96. The van der Waals surface area contributed by atoms with Gasteiger partial charge in [0.15, 0.2) is 5.78 Å². The summed E-state index contributed by atoms with van der Waals surface area (Å²) in [4.78, 5) is 29.5. The monoisotopic (exact) mass is 564 g/mol. The number of anilines is 1. The van der Waals surface area contributed by atoms with Gasteiger partial charge in [0.05, 0.1) is 21.8 Å². The Labute approximate surface area is 236 Å². The maximum absolute atomic E-state index is 13.1. The summed E-state index contributed by atoms with van der Waals surface area (Å²) in [7, 11) is -3.81. The molecular weight excluding hydrogens is 528 g/mol. The smallest absolute Gasteiger partial charge is 0.311 e. The number of pyridine rings is 1. The van der Waals surface area contributed by atoms with Crippen molar-refractivity contribution in [3.8, 4) is 5.75 Å². The van der Waals surface area contributed by atoms with Gasteiger partial charge in [0.25, 0.3) is 10.0 Å². The minimum Gasteiger partial charge on any atom is -0.426 e. The van der Waals surface area contributed by atoms with Crippen molar-refractivity contribution in [3.05, 3.63) is 72.4 Å². The lowest BCUT2D eigenvalue weighted by Crippen LogP contribution is -2.15. The van der Waals surface area contributed by atoms with Crippen LogP contribution in [0.1, 0.15) is 76.1 Å². The number of Topliss-reactive ketones (excluding diaryl/α,β-unsaturated/α-hetero) is 1. The van der Waals surface area contributed by atoms with Gasteiger partial charge >= 0.3 is 5.97 Å². The standard InChI is InChI=1S/C30H36N4O5S/c1-4-6-7-8-9-13-29(35)39-27-19-16-24(21-26(27)30(36)22(3)5-2)33-32-23-14-17-25(18-15-23)40(37,38)34-28-12-10-11-20-31-28/h10-12,14-22H,4-9,13H2,1-3H3,(H,31,34). The van der Waals surface area contributed by atoms with E-state index in [9.17, 15) is 18.0 Å². The summed E-state index contributed by atoms with van der Waals surface area (Å²) in [6.45, 7) is 5.89. The Morgan fingerprint density at radius 3 is 2.30 bits per heavy atom. The summed E-state index contributed by atoms with van der Waals surface area (Å²) in [5.74, 6) is -0.322. The summed E-state index contributed by atoms with van der Waals surface area (Å²) >= 11 is 0. The van der Waals surface area contributed by atoms with E-state index in [0.717, 1.165) is 32.1 Å². The molecule has 0 aliphatic rings. The molecule has 0 saturated heterocycles. The molecule has 1 atom stereocenters. The summed E-state index contributed by atoms with van der Waals surface area (Å²) in [6.07, 6.45) is 7.51. The first-order valence-electron chi connectivity index (χ1n) is 13.6. The van der Waals surface area contributed by atoms with Crippen LogP contribution in [0.15, 0.2) is 82.0 Å². The minimum atomic E-state index is -3.81. The zero-order chi connectivity index (χ0) is 29.0. The van der Waals surface area contributed by atoms with Gasteiger partial charge in [-0.1, -0.05) is 52.5 Å². The molecule has 0 fully saturated rings. The van der Waals surface area contributed by atoms with Gasteiger partial charge in [-0.05, 0) is 67.4 Å². The molecule has 3 aromatic rings. The number of esters is 1. The van der Waals surface area contributed by atoms with Crippen molar-refractivity contribution in [1.82, 2.24) is 4.98 Å². The van der Waals surface area contributed by atoms with Crippen LogP contribution in [0, 0.1) is 5.92 Å². The largest absolute Gasteiger partial charge is 0.426 e. The van der Waals surface area contributed by atoms with Gasteiger partial charge in [0, 0.05) is 18.5 Å². The zero-order valence-electron chi connectivity index (χ0n) is 23.2. The fourth-order valence-electron chi connectivity index (χ4n) is 3.79. The number of aromatic nitrogens is 1. The zero-order valence-corrected chi connectivity index (χ0v) is 24.0. The summed E-state index contributed by atoms with van der Waals surface area (Å²) < 4.78 is 33.2. The molecule has 1 unspecified atom stereocenters. The number of benzene rings is 2. The number of hydrogen-bond donors (Lipinski definition) is 1. The lowest BCUT2D eigenvalue weighted by atomic mass is 9.96. The second kappa shape index (κ2) is 15.0. The second-order valence-electron chi connectivity index (χ2n) is 9.51. The summed E-state index contributed by atoms with van der Waals surface area (Å²) in [6, 6.07) is 15.6. The predicted molar refractivity (Wildman–Crippen MR) is 155 cm³/mol. The van der Waals surface area contributed by atoms with Gasteiger partial charge in [-0.25, -0.2) is 13.4 Å². The number of nitrogens with zero attached hydrogens (tertiary/aromatic N) is 3. The predicted octanol–water partition coefficient (Wildman–Crippen LogP) is 7.79. The third-order valence-electron chi connectivity index (χ3n) is 6.33. The molecule has 0 aliphatic heterocycles. The van der Waals surface area contributed by atoms with Crippen LogP contribution in [-0.4, -0.2) is 25.2 Å². The topological polar surface area (TPSA) is 127 Å². The highest BCUT2D eigenvalue weighted by Crippen LogP contribution is 2.30. The van der Waals surface area contributed by atoms with Crippen molar-refractivity contribution in [1.29, 1.82) is 0 Å². The molecule has 9 nitrogen and oxygen atoms in total. The van der Waals surface area contributed by atoms with E-state index in [2.05, 4.69) is 26.9 Å². The van der Waals surface area contributed by atoms with Crippen LogP contribution in [0.4, 0.5) is 17.2 Å². The van der Waals surface area contributed by atoms with Gasteiger partial charge in [-0.3, -0.25) is 14.3 Å². The van der Waals surface area contributed by atoms with Gasteiger partial charge in [0.1, 0.15) is 11.6 Å². The molecule has 3 rings (SSSR count). The number of nitrogens with one attached hydrogen (secondary N) is 1. The molecule has 0 amide bonds. The molecule has 1 aromatic heterocycles.